The van der Waals surface area contributed by atoms with Crippen LogP contribution >= 0.6 is 0 Å². The lowest BCUT2D eigenvalue weighted by atomic mass is 10.1. The Morgan fingerprint density at radius 3 is 2.35 bits per heavy atom. The van der Waals surface area contributed by atoms with Crippen LogP contribution in [0.25, 0.3) is 11.0 Å². The fourth-order valence-electron chi connectivity index (χ4n) is 3.44. The molecule has 0 fully saturated rings. The molecule has 6 heteroatoms. The third-order valence-electron chi connectivity index (χ3n) is 5.22. The predicted octanol–water partition coefficient (Wildman–Crippen LogP) is 4.11. The van der Waals surface area contributed by atoms with E-state index in [1.165, 1.54) is 0 Å². The van der Waals surface area contributed by atoms with Gasteiger partial charge in [0.2, 0.25) is 0 Å². The van der Waals surface area contributed by atoms with E-state index in [1.54, 1.807) is 12.1 Å². The predicted molar refractivity (Wildman–Crippen MR) is 122 cm³/mol. The van der Waals surface area contributed by atoms with Gasteiger partial charge < -0.3 is 15.2 Å². The molecule has 0 atom stereocenters. The minimum absolute atomic E-state index is 0.0968. The standard InChI is InChI=1S/C25H24N4O2/c1-17-8-10-19(11-9-17)25(31)27-20-12-13-22-21(16-20)28-23(29(22)2)14-15-26-24(30)18-6-4-3-5-7-18/h3-13,16H,14-15H2,1-2H3,(H,26,30)(H,27,31). The summed E-state index contributed by atoms with van der Waals surface area (Å²) in [5.74, 6) is 0.616. The van der Waals surface area contributed by atoms with Crippen LogP contribution in [0.15, 0.2) is 72.8 Å². The van der Waals surface area contributed by atoms with E-state index in [0.717, 1.165) is 22.4 Å². The molecule has 2 N–H and O–H groups in total. The molecule has 0 spiro atoms. The van der Waals surface area contributed by atoms with Crippen LogP contribution in [-0.4, -0.2) is 27.9 Å². The number of aromatic nitrogens is 2. The number of hydrogen-bond acceptors (Lipinski definition) is 3. The molecule has 6 nitrogen and oxygen atoms in total. The van der Waals surface area contributed by atoms with Gasteiger partial charge >= 0.3 is 0 Å². The van der Waals surface area contributed by atoms with Gasteiger partial charge in [0.1, 0.15) is 5.82 Å². The quantitative estimate of drug-likeness (QED) is 0.500. The number of nitrogens with zero attached hydrogens (tertiary/aromatic N) is 2. The lowest BCUT2D eigenvalue weighted by Gasteiger charge is -2.06. The number of benzene rings is 3. The molecule has 0 aliphatic heterocycles. The number of amides is 2. The number of anilines is 1. The van der Waals surface area contributed by atoms with Crippen LogP contribution in [0.1, 0.15) is 32.1 Å². The van der Waals surface area contributed by atoms with E-state index in [1.807, 2.05) is 79.2 Å². The Labute approximate surface area is 180 Å². The Kier molecular flexibility index (Phi) is 5.80. The molecule has 0 aliphatic carbocycles. The van der Waals surface area contributed by atoms with Gasteiger partial charge in [0.25, 0.3) is 11.8 Å². The molecule has 2 amide bonds. The first-order valence-electron chi connectivity index (χ1n) is 10.2. The third-order valence-corrected chi connectivity index (χ3v) is 5.22. The molecular formula is C25H24N4O2. The zero-order chi connectivity index (χ0) is 21.8. The highest BCUT2D eigenvalue weighted by molar-refractivity contribution is 6.05. The minimum atomic E-state index is -0.154. The number of hydrogen-bond donors (Lipinski definition) is 2. The molecule has 0 saturated heterocycles. The molecule has 0 aliphatic rings. The Balaban J connectivity index is 1.43. The van der Waals surface area contributed by atoms with Gasteiger partial charge in [0.05, 0.1) is 11.0 Å². The topological polar surface area (TPSA) is 76.0 Å². The molecule has 0 bridgehead atoms. The van der Waals surface area contributed by atoms with E-state index in [2.05, 4.69) is 10.6 Å². The van der Waals surface area contributed by atoms with Gasteiger partial charge in [-0.25, -0.2) is 4.98 Å². The van der Waals surface area contributed by atoms with Crippen molar-refractivity contribution < 1.29 is 9.59 Å². The average Bonchev–Trinajstić information content (AvgIpc) is 3.09. The van der Waals surface area contributed by atoms with E-state index < -0.39 is 0 Å². The summed E-state index contributed by atoms with van der Waals surface area (Å²) in [7, 11) is 1.95. The first-order valence-corrected chi connectivity index (χ1v) is 10.2. The zero-order valence-corrected chi connectivity index (χ0v) is 17.6. The van der Waals surface area contributed by atoms with Gasteiger partial charge in [-0.1, -0.05) is 35.9 Å². The monoisotopic (exact) mass is 412 g/mol. The molecule has 156 valence electrons. The van der Waals surface area contributed by atoms with E-state index >= 15 is 0 Å². The molecule has 31 heavy (non-hydrogen) atoms. The van der Waals surface area contributed by atoms with Gasteiger partial charge in [-0.15, -0.1) is 0 Å². The summed E-state index contributed by atoms with van der Waals surface area (Å²) < 4.78 is 2.01. The van der Waals surface area contributed by atoms with Crippen molar-refractivity contribution in [3.8, 4) is 0 Å². The summed E-state index contributed by atoms with van der Waals surface area (Å²) >= 11 is 0. The summed E-state index contributed by atoms with van der Waals surface area (Å²) in [5.41, 5.74) is 4.83. The normalized spacial score (nSPS) is 10.8. The number of fused-ring (bicyclic) bond motifs is 1. The third kappa shape index (κ3) is 4.64. The maximum Gasteiger partial charge on any atom is 0.255 e. The molecule has 1 heterocycles. The first-order chi connectivity index (χ1) is 15.0. The largest absolute Gasteiger partial charge is 0.352 e. The maximum atomic E-state index is 12.5. The van der Waals surface area contributed by atoms with Crippen molar-refractivity contribution in [1.82, 2.24) is 14.9 Å². The van der Waals surface area contributed by atoms with Gasteiger partial charge in [0.15, 0.2) is 0 Å². The highest BCUT2D eigenvalue weighted by Gasteiger charge is 2.11. The maximum absolute atomic E-state index is 12.5. The summed E-state index contributed by atoms with van der Waals surface area (Å²) in [4.78, 5) is 29.4. The highest BCUT2D eigenvalue weighted by Crippen LogP contribution is 2.20. The Bertz CT molecular complexity index is 1230. The smallest absolute Gasteiger partial charge is 0.255 e. The average molecular weight is 412 g/mol. The number of imidazole rings is 1. The minimum Gasteiger partial charge on any atom is -0.352 e. The SMILES string of the molecule is Cc1ccc(C(=O)Nc2ccc3c(c2)nc(CCNC(=O)c2ccccc2)n3C)cc1. The molecule has 0 radical (unpaired) electrons. The molecule has 0 unspecified atom stereocenters. The van der Waals surface area contributed by atoms with Crippen LogP contribution in [0.2, 0.25) is 0 Å². The fourth-order valence-corrected chi connectivity index (χ4v) is 3.44. The fraction of sp³-hybridized carbons (Fsp3) is 0.160. The van der Waals surface area contributed by atoms with Crippen molar-refractivity contribution >= 4 is 28.5 Å². The van der Waals surface area contributed by atoms with Crippen LogP contribution in [0.3, 0.4) is 0 Å². The summed E-state index contributed by atoms with van der Waals surface area (Å²) in [5, 5.41) is 5.86. The Morgan fingerprint density at radius 1 is 0.903 bits per heavy atom. The Hall–Kier alpha value is -3.93. The van der Waals surface area contributed by atoms with E-state index in [9.17, 15) is 9.59 Å². The van der Waals surface area contributed by atoms with Crippen molar-refractivity contribution in [3.05, 3.63) is 95.3 Å². The number of aryl methyl sites for hydroxylation is 2. The second-order valence-electron chi connectivity index (χ2n) is 7.48. The lowest BCUT2D eigenvalue weighted by Crippen LogP contribution is -2.26. The second kappa shape index (κ2) is 8.83. The molecule has 0 saturated carbocycles. The van der Waals surface area contributed by atoms with Crippen molar-refractivity contribution in [2.45, 2.75) is 13.3 Å². The number of carbonyl (C=O) groups is 2. The van der Waals surface area contributed by atoms with Crippen molar-refractivity contribution in [3.63, 3.8) is 0 Å². The number of nitrogens with one attached hydrogen (secondary N) is 2. The van der Waals surface area contributed by atoms with Gasteiger partial charge in [-0.3, -0.25) is 9.59 Å². The first kappa shape index (κ1) is 20.3. The Morgan fingerprint density at radius 2 is 1.61 bits per heavy atom. The van der Waals surface area contributed by atoms with Gasteiger partial charge in [0, 0.05) is 36.8 Å². The molecule has 4 rings (SSSR count). The highest BCUT2D eigenvalue weighted by atomic mass is 16.2. The summed E-state index contributed by atoms with van der Waals surface area (Å²) in [6.45, 7) is 2.48. The van der Waals surface area contributed by atoms with Gasteiger partial charge in [-0.2, -0.15) is 0 Å². The zero-order valence-electron chi connectivity index (χ0n) is 17.6. The molecule has 1 aromatic heterocycles. The van der Waals surface area contributed by atoms with E-state index in [0.29, 0.717) is 29.8 Å². The lowest BCUT2D eigenvalue weighted by molar-refractivity contribution is 0.0953. The summed E-state index contributed by atoms with van der Waals surface area (Å²) in [6, 6.07) is 22.3. The van der Waals surface area contributed by atoms with Crippen LogP contribution in [-0.2, 0) is 13.5 Å². The van der Waals surface area contributed by atoms with E-state index in [4.69, 9.17) is 4.98 Å². The van der Waals surface area contributed by atoms with Gasteiger partial charge in [-0.05, 0) is 49.4 Å². The number of rotatable bonds is 6. The molecule has 4 aromatic rings. The van der Waals surface area contributed by atoms with E-state index in [-0.39, 0.29) is 11.8 Å². The second-order valence-corrected chi connectivity index (χ2v) is 7.48. The van der Waals surface area contributed by atoms with Crippen LogP contribution in [0.5, 0.6) is 0 Å². The summed E-state index contributed by atoms with van der Waals surface area (Å²) in [6.07, 6.45) is 0.606. The van der Waals surface area contributed by atoms with Crippen LogP contribution in [0, 0.1) is 6.92 Å². The van der Waals surface area contributed by atoms with Crippen LogP contribution in [0.4, 0.5) is 5.69 Å². The van der Waals surface area contributed by atoms with Crippen LogP contribution < -0.4 is 10.6 Å². The molecular weight excluding hydrogens is 388 g/mol. The van der Waals surface area contributed by atoms with Crippen molar-refractivity contribution in [2.24, 2.45) is 7.05 Å². The molecule has 3 aromatic carbocycles. The van der Waals surface area contributed by atoms with Crippen molar-refractivity contribution in [2.75, 3.05) is 11.9 Å². The number of carbonyl (C=O) groups excluding carboxylic acids is 2. The van der Waals surface area contributed by atoms with Crippen molar-refractivity contribution in [1.29, 1.82) is 0 Å².